The molecule has 1 unspecified atom stereocenters. The normalized spacial score (nSPS) is 21.3. The zero-order chi connectivity index (χ0) is 19.4. The van der Waals surface area contributed by atoms with Crippen LogP contribution in [0.2, 0.25) is 0 Å². The maximum absolute atomic E-state index is 11.2. The number of thioether (sulfide) groups is 1. The molecule has 0 aromatic heterocycles. The molecule has 2 aliphatic rings. The summed E-state index contributed by atoms with van der Waals surface area (Å²) in [6.45, 7) is 4.37. The first-order valence-corrected chi connectivity index (χ1v) is 9.34. The minimum atomic E-state index is -0.432. The van der Waals surface area contributed by atoms with Crippen LogP contribution in [0.15, 0.2) is 41.3 Å². The van der Waals surface area contributed by atoms with Crippen LogP contribution in [0, 0.1) is 10.1 Å². The molecular weight excluding hydrogens is 364 g/mol. The molecule has 2 aromatic carbocycles. The van der Waals surface area contributed by atoms with Gasteiger partial charge in [-0.2, -0.15) is 0 Å². The molecule has 0 aliphatic carbocycles. The molecule has 2 aliphatic heterocycles. The van der Waals surface area contributed by atoms with E-state index >= 15 is 0 Å². The first kappa shape index (κ1) is 17.7. The molecule has 0 radical (unpaired) electrons. The van der Waals surface area contributed by atoms with Gasteiger partial charge in [-0.1, -0.05) is 31.7 Å². The fourth-order valence-electron chi connectivity index (χ4n) is 3.74. The quantitative estimate of drug-likeness (QED) is 0.603. The molecule has 6 nitrogen and oxygen atoms in total. The van der Waals surface area contributed by atoms with Crippen molar-refractivity contribution in [3.8, 4) is 11.5 Å². The second-order valence-electron chi connectivity index (χ2n) is 7.16. The van der Waals surface area contributed by atoms with E-state index in [9.17, 15) is 10.1 Å². The lowest BCUT2D eigenvalue weighted by molar-refractivity contribution is -0.385. The van der Waals surface area contributed by atoms with Gasteiger partial charge in [0.05, 0.1) is 30.1 Å². The Morgan fingerprint density at radius 3 is 2.59 bits per heavy atom. The van der Waals surface area contributed by atoms with Gasteiger partial charge in [-0.3, -0.25) is 10.1 Å². The molecule has 1 N–H and O–H groups in total. The third-order valence-corrected chi connectivity index (χ3v) is 7.12. The van der Waals surface area contributed by atoms with Gasteiger partial charge in [-0.25, -0.2) is 0 Å². The van der Waals surface area contributed by atoms with Crippen LogP contribution in [-0.4, -0.2) is 24.0 Å². The van der Waals surface area contributed by atoms with E-state index in [4.69, 9.17) is 9.47 Å². The van der Waals surface area contributed by atoms with Gasteiger partial charge in [0.1, 0.15) is 16.4 Å². The Morgan fingerprint density at radius 1 is 1.15 bits per heavy atom. The summed E-state index contributed by atoms with van der Waals surface area (Å²) in [6.07, 6.45) is 4.04. The number of non-ortho nitro benzene ring substituents is 1. The lowest BCUT2D eigenvalue weighted by Gasteiger charge is -2.41. The number of hydrogen-bond acceptors (Lipinski definition) is 6. The van der Waals surface area contributed by atoms with Crippen molar-refractivity contribution in [1.82, 2.24) is 0 Å². The second kappa shape index (κ2) is 5.92. The standard InChI is InChI=1S/C20H20N2O4S/c1-19(2)15-11-14(25-3)5-6-16(15)21-20(19)8-7-12-9-13(22(23)24)10-17(26-4)18(12)27-20/h5-11,21H,1-4H3. The van der Waals surface area contributed by atoms with Gasteiger partial charge in [0, 0.05) is 17.2 Å². The average Bonchev–Trinajstić information content (AvgIpc) is 2.87. The predicted octanol–water partition coefficient (Wildman–Crippen LogP) is 4.83. The van der Waals surface area contributed by atoms with Crippen molar-refractivity contribution < 1.29 is 14.4 Å². The zero-order valence-electron chi connectivity index (χ0n) is 15.5. The number of rotatable bonds is 3. The van der Waals surface area contributed by atoms with E-state index in [1.165, 1.54) is 18.7 Å². The molecular formula is C20H20N2O4S. The molecule has 140 valence electrons. The fourth-order valence-corrected chi connectivity index (χ4v) is 5.21. The molecule has 7 heteroatoms. The fraction of sp³-hybridized carbons (Fsp3) is 0.300. The SMILES string of the molecule is COc1ccc2c(c1)C(C)(C)C1(C=Cc3cc([N+](=O)[O-])cc(OC)c3S1)N2. The monoisotopic (exact) mass is 384 g/mol. The number of nitro benzene ring substituents is 1. The summed E-state index contributed by atoms with van der Waals surface area (Å²) in [4.78, 5) is 11.3. The van der Waals surface area contributed by atoms with E-state index in [1.54, 1.807) is 24.9 Å². The maximum atomic E-state index is 11.2. The number of hydrogen-bond donors (Lipinski definition) is 1. The van der Waals surface area contributed by atoms with Crippen molar-refractivity contribution >= 4 is 29.2 Å². The average molecular weight is 384 g/mol. The van der Waals surface area contributed by atoms with Crippen LogP contribution >= 0.6 is 11.8 Å². The van der Waals surface area contributed by atoms with Crippen molar-refractivity contribution in [1.29, 1.82) is 0 Å². The van der Waals surface area contributed by atoms with Crippen molar-refractivity contribution in [2.75, 3.05) is 19.5 Å². The summed E-state index contributed by atoms with van der Waals surface area (Å²) in [7, 11) is 3.20. The first-order chi connectivity index (χ1) is 12.8. The Hall–Kier alpha value is -2.67. The molecule has 1 spiro atoms. The van der Waals surface area contributed by atoms with E-state index in [0.29, 0.717) is 5.75 Å². The largest absolute Gasteiger partial charge is 0.497 e. The minimum Gasteiger partial charge on any atom is -0.497 e. The highest BCUT2D eigenvalue weighted by atomic mass is 32.2. The van der Waals surface area contributed by atoms with Gasteiger partial charge >= 0.3 is 0 Å². The summed E-state index contributed by atoms with van der Waals surface area (Å²) in [5.41, 5.74) is 2.80. The summed E-state index contributed by atoms with van der Waals surface area (Å²) >= 11 is 1.63. The van der Waals surface area contributed by atoms with E-state index in [0.717, 1.165) is 21.9 Å². The Balaban J connectivity index is 1.83. The summed E-state index contributed by atoms with van der Waals surface area (Å²) in [5.74, 6) is 1.33. The Morgan fingerprint density at radius 2 is 1.93 bits per heavy atom. The number of methoxy groups -OCH3 is 2. The number of fused-ring (bicyclic) bond motifs is 2. The molecule has 27 heavy (non-hydrogen) atoms. The van der Waals surface area contributed by atoms with Crippen molar-refractivity contribution in [3.05, 3.63) is 57.6 Å². The predicted molar refractivity (Wildman–Crippen MR) is 107 cm³/mol. The Labute approximate surface area is 161 Å². The summed E-state index contributed by atoms with van der Waals surface area (Å²) in [6, 6.07) is 9.11. The van der Waals surface area contributed by atoms with E-state index in [2.05, 4.69) is 31.3 Å². The number of benzene rings is 2. The van der Waals surface area contributed by atoms with Crippen molar-refractivity contribution in [3.63, 3.8) is 0 Å². The smallest absolute Gasteiger partial charge is 0.273 e. The van der Waals surface area contributed by atoms with Crippen LogP contribution in [0.1, 0.15) is 25.0 Å². The molecule has 0 amide bonds. The maximum Gasteiger partial charge on any atom is 0.273 e. The highest BCUT2D eigenvalue weighted by molar-refractivity contribution is 8.01. The first-order valence-electron chi connectivity index (χ1n) is 8.53. The highest BCUT2D eigenvalue weighted by Crippen LogP contribution is 2.59. The van der Waals surface area contributed by atoms with Crippen LogP contribution < -0.4 is 14.8 Å². The molecule has 0 bridgehead atoms. The number of anilines is 1. The van der Waals surface area contributed by atoms with Gasteiger partial charge in [0.15, 0.2) is 0 Å². The number of nitrogens with zero attached hydrogens (tertiary/aromatic N) is 1. The Kier molecular flexibility index (Phi) is 3.89. The molecule has 2 heterocycles. The summed E-state index contributed by atoms with van der Waals surface area (Å²) < 4.78 is 10.9. The van der Waals surface area contributed by atoms with E-state index in [1.807, 2.05) is 18.2 Å². The lowest BCUT2D eigenvalue weighted by Crippen LogP contribution is -2.45. The topological polar surface area (TPSA) is 73.6 Å². The van der Waals surface area contributed by atoms with Gasteiger partial charge in [-0.05, 0) is 35.4 Å². The van der Waals surface area contributed by atoms with Crippen molar-refractivity contribution in [2.24, 2.45) is 0 Å². The van der Waals surface area contributed by atoms with Crippen LogP contribution in [-0.2, 0) is 5.41 Å². The van der Waals surface area contributed by atoms with Crippen LogP contribution in [0.4, 0.5) is 11.4 Å². The van der Waals surface area contributed by atoms with Gasteiger partial charge in [0.2, 0.25) is 0 Å². The third-order valence-electron chi connectivity index (χ3n) is 5.41. The molecule has 1 atom stereocenters. The molecule has 0 fully saturated rings. The summed E-state index contributed by atoms with van der Waals surface area (Å²) in [5, 5.41) is 14.9. The minimum absolute atomic E-state index is 0.0264. The van der Waals surface area contributed by atoms with Gasteiger partial charge < -0.3 is 14.8 Å². The molecule has 2 aromatic rings. The Bertz CT molecular complexity index is 986. The van der Waals surface area contributed by atoms with Gasteiger partial charge in [0.25, 0.3) is 5.69 Å². The van der Waals surface area contributed by atoms with Crippen molar-refractivity contribution in [2.45, 2.75) is 29.0 Å². The van der Waals surface area contributed by atoms with Gasteiger partial charge in [-0.15, -0.1) is 0 Å². The zero-order valence-corrected chi connectivity index (χ0v) is 16.3. The number of nitrogens with one attached hydrogen (secondary N) is 1. The lowest BCUT2D eigenvalue weighted by atomic mass is 9.79. The van der Waals surface area contributed by atoms with E-state index < -0.39 is 9.79 Å². The third kappa shape index (κ3) is 2.49. The second-order valence-corrected chi connectivity index (χ2v) is 8.41. The van der Waals surface area contributed by atoms with Crippen LogP contribution in [0.25, 0.3) is 6.08 Å². The number of nitro groups is 1. The molecule has 0 saturated carbocycles. The molecule has 4 rings (SSSR count). The van der Waals surface area contributed by atoms with Crippen LogP contribution in [0.5, 0.6) is 11.5 Å². The van der Waals surface area contributed by atoms with Crippen LogP contribution in [0.3, 0.4) is 0 Å². The molecule has 0 saturated heterocycles. The highest BCUT2D eigenvalue weighted by Gasteiger charge is 2.53. The number of ether oxygens (including phenoxy) is 2. The van der Waals surface area contributed by atoms with E-state index in [-0.39, 0.29) is 11.1 Å².